The Kier molecular flexibility index (Phi) is 7.77. The third-order valence-electron chi connectivity index (χ3n) is 7.58. The highest BCUT2D eigenvalue weighted by Crippen LogP contribution is 2.57. The van der Waals surface area contributed by atoms with E-state index in [-0.39, 0.29) is 23.0 Å². The Morgan fingerprint density at radius 3 is 2.00 bits per heavy atom. The minimum Gasteiger partial charge on any atom is -0.508 e. The summed E-state index contributed by atoms with van der Waals surface area (Å²) in [5, 5.41) is 23.1. The molecule has 0 bridgehead atoms. The van der Waals surface area contributed by atoms with Crippen molar-refractivity contribution in [3.8, 4) is 23.0 Å². The van der Waals surface area contributed by atoms with Crippen LogP contribution in [0.1, 0.15) is 98.2 Å². The molecule has 3 aromatic carbocycles. The summed E-state index contributed by atoms with van der Waals surface area (Å²) in [6.07, 6.45) is 10.9. The largest absolute Gasteiger partial charge is 0.508 e. The topological polar surface area (TPSA) is 105 Å². The van der Waals surface area contributed by atoms with Crippen LogP contribution < -0.4 is 10.1 Å². The van der Waals surface area contributed by atoms with Gasteiger partial charge in [-0.1, -0.05) is 70.4 Å². The van der Waals surface area contributed by atoms with E-state index in [2.05, 4.69) is 12.2 Å². The highest BCUT2D eigenvalue weighted by Gasteiger charge is 2.54. The molecule has 0 aliphatic carbocycles. The fourth-order valence-electron chi connectivity index (χ4n) is 5.66. The number of nitrogens with one attached hydrogen (secondary N) is 1. The molecule has 0 unspecified atom stereocenters. The quantitative estimate of drug-likeness (QED) is 0.175. The Bertz CT molecular complexity index is 1330. The summed E-state index contributed by atoms with van der Waals surface area (Å²) in [7, 11) is 0. The molecule has 0 fully saturated rings. The standard InChI is InChI=1S/C32H35NO6/c1-2-3-4-5-6-7-8-9-10-14-29(36)33-26-13-11-12-25-30(26)31(37)39-32(25)23-17-15-21(34)19-27(23)38-28-20-22(35)16-18-24(28)32/h11-13,15-20,34-35H,2-10,14H2,1H3,(H,33,36). The average molecular weight is 530 g/mol. The molecule has 1 spiro atoms. The van der Waals surface area contributed by atoms with Crippen molar-refractivity contribution in [2.75, 3.05) is 5.32 Å². The maximum atomic E-state index is 13.4. The Morgan fingerprint density at radius 2 is 1.38 bits per heavy atom. The number of benzene rings is 3. The smallest absolute Gasteiger partial charge is 0.342 e. The van der Waals surface area contributed by atoms with Crippen LogP contribution in [0, 0.1) is 0 Å². The molecular weight excluding hydrogens is 494 g/mol. The number of fused-ring (bicyclic) bond motifs is 6. The van der Waals surface area contributed by atoms with Crippen LogP contribution in [0.25, 0.3) is 0 Å². The van der Waals surface area contributed by atoms with Crippen LogP contribution in [0.2, 0.25) is 0 Å². The highest BCUT2D eigenvalue weighted by atomic mass is 16.6. The molecule has 2 heterocycles. The van der Waals surface area contributed by atoms with Crippen LogP contribution in [0.5, 0.6) is 23.0 Å². The monoisotopic (exact) mass is 529 g/mol. The lowest BCUT2D eigenvalue weighted by atomic mass is 9.77. The summed E-state index contributed by atoms with van der Waals surface area (Å²) in [5.74, 6) is -0.0853. The van der Waals surface area contributed by atoms with Gasteiger partial charge in [0.2, 0.25) is 5.91 Å². The maximum Gasteiger partial charge on any atom is 0.342 e. The summed E-state index contributed by atoms with van der Waals surface area (Å²) < 4.78 is 12.1. The van der Waals surface area contributed by atoms with Crippen LogP contribution in [-0.4, -0.2) is 22.1 Å². The number of carbonyl (C=O) groups excluding carboxylic acids is 2. The van der Waals surface area contributed by atoms with Crippen LogP contribution >= 0.6 is 0 Å². The van der Waals surface area contributed by atoms with E-state index in [1.165, 1.54) is 62.8 Å². The summed E-state index contributed by atoms with van der Waals surface area (Å²) in [5.41, 5.74) is 0.998. The lowest BCUT2D eigenvalue weighted by molar-refractivity contribution is -0.116. The number of unbranched alkanes of at least 4 members (excludes halogenated alkanes) is 8. The second-order valence-corrected chi connectivity index (χ2v) is 10.4. The van der Waals surface area contributed by atoms with Gasteiger partial charge >= 0.3 is 5.97 Å². The summed E-state index contributed by atoms with van der Waals surface area (Å²) >= 11 is 0. The minimum absolute atomic E-state index is 0.00504. The first kappa shape index (κ1) is 26.6. The second kappa shape index (κ2) is 11.4. The SMILES string of the molecule is CCCCCCCCCCCC(=O)Nc1cccc2c1C(=O)OC21c2ccc(O)cc2Oc2cc(O)ccc21. The number of esters is 1. The van der Waals surface area contributed by atoms with Gasteiger partial charge in [0.05, 0.1) is 11.3 Å². The number of anilines is 1. The van der Waals surface area contributed by atoms with E-state index >= 15 is 0 Å². The minimum atomic E-state index is -1.35. The Hall–Kier alpha value is -4.00. The first-order valence-electron chi connectivity index (χ1n) is 14.0. The van der Waals surface area contributed by atoms with Crippen molar-refractivity contribution in [2.24, 2.45) is 0 Å². The molecule has 3 N–H and O–H groups in total. The van der Waals surface area contributed by atoms with Crippen LogP contribution in [-0.2, 0) is 15.1 Å². The zero-order valence-electron chi connectivity index (χ0n) is 22.3. The van der Waals surface area contributed by atoms with Crippen LogP contribution in [0.15, 0.2) is 54.6 Å². The Morgan fingerprint density at radius 1 is 0.795 bits per heavy atom. The summed E-state index contributed by atoms with van der Waals surface area (Å²) in [6.45, 7) is 2.22. The molecule has 3 aromatic rings. The fraction of sp³-hybridized carbons (Fsp3) is 0.375. The van der Waals surface area contributed by atoms with E-state index in [1.807, 2.05) is 0 Å². The van der Waals surface area contributed by atoms with Gasteiger partial charge in [0, 0.05) is 35.2 Å². The van der Waals surface area contributed by atoms with E-state index in [1.54, 1.807) is 30.3 Å². The second-order valence-electron chi connectivity index (χ2n) is 10.4. The van der Waals surface area contributed by atoms with Crippen LogP contribution in [0.4, 0.5) is 5.69 Å². The number of carbonyl (C=O) groups is 2. The maximum absolute atomic E-state index is 13.4. The van der Waals surface area contributed by atoms with Crippen molar-refractivity contribution in [1.29, 1.82) is 0 Å². The molecule has 0 atom stereocenters. The Labute approximate surface area is 228 Å². The normalized spacial score (nSPS) is 14.2. The van der Waals surface area contributed by atoms with Crippen LogP contribution in [0.3, 0.4) is 0 Å². The van der Waals surface area contributed by atoms with E-state index in [9.17, 15) is 19.8 Å². The van der Waals surface area contributed by atoms with Crippen molar-refractivity contribution in [3.63, 3.8) is 0 Å². The van der Waals surface area contributed by atoms with Crippen molar-refractivity contribution in [2.45, 2.75) is 76.7 Å². The number of rotatable bonds is 11. The predicted molar refractivity (Wildman–Crippen MR) is 149 cm³/mol. The van der Waals surface area contributed by atoms with Crippen molar-refractivity contribution < 1.29 is 29.3 Å². The fourth-order valence-corrected chi connectivity index (χ4v) is 5.66. The first-order chi connectivity index (χ1) is 18.9. The molecule has 7 heteroatoms. The van der Waals surface area contributed by atoms with Gasteiger partial charge in [-0.15, -0.1) is 0 Å². The zero-order valence-corrected chi connectivity index (χ0v) is 22.3. The van der Waals surface area contributed by atoms with Gasteiger partial charge in [0.25, 0.3) is 0 Å². The number of aromatic hydroxyl groups is 2. The van der Waals surface area contributed by atoms with Gasteiger partial charge in [0.1, 0.15) is 23.0 Å². The van der Waals surface area contributed by atoms with Gasteiger partial charge in [-0.25, -0.2) is 4.79 Å². The number of hydrogen-bond acceptors (Lipinski definition) is 6. The molecule has 1 amide bonds. The average Bonchev–Trinajstić information content (AvgIpc) is 3.20. The molecule has 0 saturated carbocycles. The molecule has 0 saturated heterocycles. The number of phenolic OH excluding ortho intramolecular Hbond substituents is 2. The number of amides is 1. The molecule has 2 aliphatic heterocycles. The number of ether oxygens (including phenoxy) is 2. The van der Waals surface area contributed by atoms with Gasteiger partial charge in [-0.3, -0.25) is 4.79 Å². The third-order valence-corrected chi connectivity index (χ3v) is 7.58. The molecule has 7 nitrogen and oxygen atoms in total. The van der Waals surface area contributed by atoms with Gasteiger partial charge < -0.3 is 25.0 Å². The first-order valence-corrected chi connectivity index (χ1v) is 14.0. The van der Waals surface area contributed by atoms with E-state index < -0.39 is 11.6 Å². The molecule has 0 aromatic heterocycles. The molecule has 2 aliphatic rings. The molecule has 5 rings (SSSR count). The summed E-state index contributed by atoms with van der Waals surface area (Å²) in [6, 6.07) is 14.6. The number of phenols is 2. The van der Waals surface area contributed by atoms with E-state index in [0.29, 0.717) is 40.3 Å². The predicted octanol–water partition coefficient (Wildman–Crippen LogP) is 7.53. The molecule has 39 heavy (non-hydrogen) atoms. The van der Waals surface area contributed by atoms with Crippen molar-refractivity contribution >= 4 is 17.6 Å². The third kappa shape index (κ3) is 5.18. The molecule has 0 radical (unpaired) electrons. The van der Waals surface area contributed by atoms with Gasteiger partial charge in [-0.05, 0) is 36.8 Å². The summed E-state index contributed by atoms with van der Waals surface area (Å²) in [4.78, 5) is 26.2. The highest BCUT2D eigenvalue weighted by molar-refractivity contribution is 6.05. The lowest BCUT2D eigenvalue weighted by Gasteiger charge is -2.36. The van der Waals surface area contributed by atoms with Gasteiger partial charge in [-0.2, -0.15) is 0 Å². The van der Waals surface area contributed by atoms with E-state index in [4.69, 9.17) is 9.47 Å². The Balaban J connectivity index is 1.35. The molecular formula is C32H35NO6. The lowest BCUT2D eigenvalue weighted by Crippen LogP contribution is -2.32. The number of hydrogen-bond donors (Lipinski definition) is 3. The van der Waals surface area contributed by atoms with Gasteiger partial charge in [0.15, 0.2) is 5.60 Å². The van der Waals surface area contributed by atoms with E-state index in [0.717, 1.165) is 19.3 Å². The zero-order chi connectivity index (χ0) is 27.4. The van der Waals surface area contributed by atoms with Crippen molar-refractivity contribution in [3.05, 3.63) is 76.9 Å². The van der Waals surface area contributed by atoms with Crippen molar-refractivity contribution in [1.82, 2.24) is 0 Å². The molecule has 204 valence electrons.